The molecule has 152 valence electrons. The highest BCUT2D eigenvalue weighted by Crippen LogP contribution is 2.30. The average molecular weight is 400 g/mol. The first kappa shape index (κ1) is 18.5. The molecule has 8 nitrogen and oxygen atoms in total. The quantitative estimate of drug-likeness (QED) is 0.521. The van der Waals surface area contributed by atoms with E-state index in [1.807, 2.05) is 31.2 Å². The van der Waals surface area contributed by atoms with Crippen LogP contribution < -0.4 is 9.80 Å². The minimum absolute atomic E-state index is 0.786. The molecule has 0 atom stereocenters. The number of benzene rings is 1. The minimum Gasteiger partial charge on any atom is -0.337 e. The van der Waals surface area contributed by atoms with Gasteiger partial charge in [0.15, 0.2) is 5.82 Å². The Bertz CT molecular complexity index is 1160. The third-order valence-electron chi connectivity index (χ3n) is 5.53. The van der Waals surface area contributed by atoms with Crippen LogP contribution in [0.3, 0.4) is 0 Å². The van der Waals surface area contributed by atoms with Crippen LogP contribution >= 0.6 is 0 Å². The van der Waals surface area contributed by atoms with Gasteiger partial charge in [0.1, 0.15) is 0 Å². The van der Waals surface area contributed by atoms with Crippen LogP contribution in [0.25, 0.3) is 22.3 Å². The van der Waals surface area contributed by atoms with Crippen molar-refractivity contribution in [1.82, 2.24) is 29.7 Å². The lowest BCUT2D eigenvalue weighted by molar-refractivity contribution is 0.610. The lowest BCUT2D eigenvalue weighted by Gasteiger charge is -2.35. The Kier molecular flexibility index (Phi) is 4.74. The highest BCUT2D eigenvalue weighted by molar-refractivity contribution is 5.93. The summed E-state index contributed by atoms with van der Waals surface area (Å²) in [5, 5.41) is 10.3. The molecular formula is C22H24N8. The first-order valence-corrected chi connectivity index (χ1v) is 10.3. The van der Waals surface area contributed by atoms with Crippen molar-refractivity contribution in [1.29, 1.82) is 0 Å². The molecule has 0 spiro atoms. The first-order chi connectivity index (χ1) is 14.7. The maximum absolute atomic E-state index is 4.67. The number of anilines is 2. The Balaban J connectivity index is 1.46. The lowest BCUT2D eigenvalue weighted by atomic mass is 10.1. The Hall–Kier alpha value is -3.55. The van der Waals surface area contributed by atoms with Crippen molar-refractivity contribution < 1.29 is 0 Å². The van der Waals surface area contributed by atoms with Crippen LogP contribution in [0, 0.1) is 6.92 Å². The number of aryl methyl sites for hydroxylation is 1. The van der Waals surface area contributed by atoms with Crippen LogP contribution in [0.1, 0.15) is 12.6 Å². The Morgan fingerprint density at radius 1 is 0.900 bits per heavy atom. The summed E-state index contributed by atoms with van der Waals surface area (Å²) < 4.78 is 2.20. The van der Waals surface area contributed by atoms with E-state index in [0.717, 1.165) is 72.6 Å². The van der Waals surface area contributed by atoms with E-state index in [2.05, 4.69) is 58.6 Å². The summed E-state index contributed by atoms with van der Waals surface area (Å²) in [6.07, 6.45) is 3.57. The fraction of sp³-hybridized carbons (Fsp3) is 0.318. The molecule has 0 aliphatic carbocycles. The zero-order valence-corrected chi connectivity index (χ0v) is 17.2. The maximum atomic E-state index is 4.67. The van der Waals surface area contributed by atoms with Gasteiger partial charge in [-0.2, -0.15) is 0 Å². The van der Waals surface area contributed by atoms with E-state index >= 15 is 0 Å². The van der Waals surface area contributed by atoms with E-state index in [-0.39, 0.29) is 0 Å². The molecule has 0 radical (unpaired) electrons. The zero-order valence-electron chi connectivity index (χ0n) is 17.2. The van der Waals surface area contributed by atoms with Gasteiger partial charge >= 0.3 is 0 Å². The molecule has 0 N–H and O–H groups in total. The predicted octanol–water partition coefficient (Wildman–Crippen LogP) is 2.94. The lowest BCUT2D eigenvalue weighted by Crippen LogP contribution is -2.48. The molecule has 0 bridgehead atoms. The van der Waals surface area contributed by atoms with E-state index in [0.29, 0.717) is 0 Å². The molecule has 1 aliphatic heterocycles. The van der Waals surface area contributed by atoms with Crippen LogP contribution in [0.15, 0.2) is 48.8 Å². The second kappa shape index (κ2) is 7.70. The largest absolute Gasteiger partial charge is 0.337 e. The molecule has 0 saturated carbocycles. The molecule has 1 aromatic carbocycles. The van der Waals surface area contributed by atoms with Crippen molar-refractivity contribution in [3.8, 4) is 11.4 Å². The molecule has 4 aromatic rings. The van der Waals surface area contributed by atoms with E-state index in [9.17, 15) is 0 Å². The molecule has 0 amide bonds. The maximum Gasteiger partial charge on any atom is 0.227 e. The number of hydrogen-bond donors (Lipinski definition) is 0. The zero-order chi connectivity index (χ0) is 20.5. The van der Waals surface area contributed by atoms with Crippen molar-refractivity contribution in [3.05, 3.63) is 54.5 Å². The van der Waals surface area contributed by atoms with Crippen molar-refractivity contribution in [2.75, 3.05) is 36.0 Å². The summed E-state index contributed by atoms with van der Waals surface area (Å²) in [5.74, 6) is 2.59. The molecule has 0 unspecified atom stereocenters. The smallest absolute Gasteiger partial charge is 0.227 e. The van der Waals surface area contributed by atoms with E-state index in [4.69, 9.17) is 0 Å². The highest BCUT2D eigenvalue weighted by Gasteiger charge is 2.24. The normalized spacial score (nSPS) is 14.5. The van der Waals surface area contributed by atoms with E-state index < -0.39 is 0 Å². The topological polar surface area (TPSA) is 75.9 Å². The van der Waals surface area contributed by atoms with Gasteiger partial charge < -0.3 is 9.80 Å². The number of fused-ring (bicyclic) bond motifs is 1. The SMILES string of the molecule is CCn1c(-c2cc(C)nc3ccccc23)nnc1N1CCN(c2ncccn2)CC1. The second-order valence-corrected chi connectivity index (χ2v) is 7.42. The fourth-order valence-corrected chi connectivity index (χ4v) is 4.07. The molecular weight excluding hydrogens is 376 g/mol. The number of rotatable bonds is 4. The monoisotopic (exact) mass is 400 g/mol. The predicted molar refractivity (Wildman–Crippen MR) is 118 cm³/mol. The van der Waals surface area contributed by atoms with Gasteiger partial charge in [0.2, 0.25) is 11.9 Å². The highest BCUT2D eigenvalue weighted by atomic mass is 15.4. The van der Waals surface area contributed by atoms with Gasteiger partial charge in [-0.1, -0.05) is 18.2 Å². The van der Waals surface area contributed by atoms with Gasteiger partial charge in [-0.15, -0.1) is 10.2 Å². The Morgan fingerprint density at radius 2 is 1.63 bits per heavy atom. The number of nitrogens with zero attached hydrogens (tertiary/aromatic N) is 8. The summed E-state index contributed by atoms with van der Waals surface area (Å²) >= 11 is 0. The van der Waals surface area contributed by atoms with Crippen molar-refractivity contribution in [2.24, 2.45) is 0 Å². The van der Waals surface area contributed by atoms with Crippen LogP contribution in [-0.2, 0) is 6.54 Å². The molecule has 1 aliphatic rings. The van der Waals surface area contributed by atoms with Gasteiger partial charge in [-0.05, 0) is 32.0 Å². The molecule has 1 saturated heterocycles. The number of hydrogen-bond acceptors (Lipinski definition) is 7. The first-order valence-electron chi connectivity index (χ1n) is 10.3. The fourth-order valence-electron chi connectivity index (χ4n) is 4.07. The third kappa shape index (κ3) is 3.24. The van der Waals surface area contributed by atoms with Crippen LogP contribution in [0.5, 0.6) is 0 Å². The number of piperazine rings is 1. The van der Waals surface area contributed by atoms with E-state index in [1.54, 1.807) is 12.4 Å². The summed E-state index contributed by atoms with van der Waals surface area (Å²) in [7, 11) is 0. The Morgan fingerprint density at radius 3 is 2.40 bits per heavy atom. The molecule has 4 heterocycles. The van der Waals surface area contributed by atoms with Gasteiger partial charge in [0.05, 0.1) is 5.52 Å². The molecule has 8 heteroatoms. The van der Waals surface area contributed by atoms with Crippen molar-refractivity contribution >= 4 is 22.8 Å². The van der Waals surface area contributed by atoms with Crippen LogP contribution in [-0.4, -0.2) is 55.9 Å². The number of aromatic nitrogens is 6. The standard InChI is InChI=1S/C22H24N8/c1-3-30-20(18-15-16(2)25-19-8-5-4-7-17(18)19)26-27-22(30)29-13-11-28(12-14-29)21-23-9-6-10-24-21/h4-10,15H,3,11-14H2,1-2H3. The summed E-state index contributed by atoms with van der Waals surface area (Å²) in [6, 6.07) is 12.2. The minimum atomic E-state index is 0.786. The van der Waals surface area contributed by atoms with Gasteiger partial charge in [-0.25, -0.2) is 9.97 Å². The summed E-state index contributed by atoms with van der Waals surface area (Å²) in [4.78, 5) is 17.9. The van der Waals surface area contributed by atoms with Gasteiger partial charge in [0, 0.05) is 61.8 Å². The molecule has 30 heavy (non-hydrogen) atoms. The van der Waals surface area contributed by atoms with Crippen LogP contribution in [0.2, 0.25) is 0 Å². The summed E-state index contributed by atoms with van der Waals surface area (Å²) in [6.45, 7) is 8.38. The van der Waals surface area contributed by atoms with Gasteiger partial charge in [0.25, 0.3) is 0 Å². The molecule has 3 aromatic heterocycles. The van der Waals surface area contributed by atoms with Crippen molar-refractivity contribution in [3.63, 3.8) is 0 Å². The van der Waals surface area contributed by atoms with Crippen molar-refractivity contribution in [2.45, 2.75) is 20.4 Å². The summed E-state index contributed by atoms with van der Waals surface area (Å²) in [5.41, 5.74) is 3.04. The number of para-hydroxylation sites is 1. The van der Waals surface area contributed by atoms with Gasteiger partial charge in [-0.3, -0.25) is 9.55 Å². The van der Waals surface area contributed by atoms with E-state index in [1.165, 1.54) is 0 Å². The van der Waals surface area contributed by atoms with Crippen LogP contribution in [0.4, 0.5) is 11.9 Å². The molecule has 5 rings (SSSR count). The third-order valence-corrected chi connectivity index (χ3v) is 5.53. The second-order valence-electron chi connectivity index (χ2n) is 7.42. The number of pyridine rings is 1. The Labute approximate surface area is 175 Å². The molecule has 1 fully saturated rings. The average Bonchev–Trinajstić information content (AvgIpc) is 3.23.